The number of nitrogens with two attached hydrogens (primary N) is 1. The van der Waals surface area contributed by atoms with Crippen molar-refractivity contribution in [2.75, 3.05) is 13.2 Å². The number of carboxylic acid groups (broad SMARTS) is 1. The molecule has 0 saturated carbocycles. The van der Waals surface area contributed by atoms with Gasteiger partial charge in [-0.3, -0.25) is 24.1 Å². The Hall–Kier alpha value is -5.11. The molecule has 1 aliphatic rings. The first-order valence-corrected chi connectivity index (χ1v) is 16.1. The van der Waals surface area contributed by atoms with Crippen LogP contribution in [0.5, 0.6) is 0 Å². The summed E-state index contributed by atoms with van der Waals surface area (Å²) in [5.41, 5.74) is 6.02. The van der Waals surface area contributed by atoms with Crippen molar-refractivity contribution in [1.82, 2.24) is 19.4 Å². The average molecular weight is 696 g/mol. The molecule has 3 atom stereocenters. The minimum Gasteiger partial charge on any atom is -0.480 e. The molecule has 0 fully saturated rings. The van der Waals surface area contributed by atoms with Crippen LogP contribution in [0.4, 0.5) is 13.2 Å². The van der Waals surface area contributed by atoms with Crippen LogP contribution in [0, 0.1) is 17.0 Å². The molecule has 0 spiro atoms. The number of halogens is 3. The van der Waals surface area contributed by atoms with Gasteiger partial charge in [-0.05, 0) is 35.6 Å². The fourth-order valence-corrected chi connectivity index (χ4v) is 5.87. The Morgan fingerprint density at radius 3 is 2.26 bits per heavy atom. The molecule has 3 N–H and O–H groups in total. The van der Waals surface area contributed by atoms with Gasteiger partial charge in [-0.15, -0.1) is 0 Å². The summed E-state index contributed by atoms with van der Waals surface area (Å²) in [6, 6.07) is 8.76. The number of carboxylic acids is 1. The topological polar surface area (TPSA) is 156 Å². The Kier molecular flexibility index (Phi) is 12.1. The number of rotatable bonds is 16. The normalized spacial score (nSPS) is 14.9. The van der Waals surface area contributed by atoms with Crippen molar-refractivity contribution in [2.24, 2.45) is 11.1 Å². The molecule has 266 valence electrons. The number of nitrogens with zero attached hydrogens (tertiary/aromatic N) is 4. The molecule has 0 radical (unpaired) electrons. The van der Waals surface area contributed by atoms with Crippen LogP contribution in [0.15, 0.2) is 66.9 Å². The van der Waals surface area contributed by atoms with E-state index in [1.54, 1.807) is 10.8 Å². The van der Waals surface area contributed by atoms with Gasteiger partial charge in [0.25, 0.3) is 11.8 Å². The highest BCUT2D eigenvalue weighted by molar-refractivity contribution is 6.15. The second-order valence-electron chi connectivity index (χ2n) is 13.3. The number of benzene rings is 2. The lowest BCUT2D eigenvalue weighted by molar-refractivity contribution is -0.154. The molecular formula is C36H40F3N5O6. The number of hydrogen-bond donors (Lipinski definition) is 2. The summed E-state index contributed by atoms with van der Waals surface area (Å²) in [6.07, 6.45) is 1.91. The lowest BCUT2D eigenvalue weighted by Gasteiger charge is -2.40. The van der Waals surface area contributed by atoms with Crippen LogP contribution in [0.25, 0.3) is 11.3 Å². The molecule has 3 amide bonds. The number of Topliss-reactive ketones (excluding diaryl/α,β-unsaturated/α-hetero) is 1. The molecular weight excluding hydrogens is 655 g/mol. The zero-order valence-corrected chi connectivity index (χ0v) is 28.0. The second-order valence-corrected chi connectivity index (χ2v) is 13.3. The van der Waals surface area contributed by atoms with Crippen LogP contribution in [0.1, 0.15) is 63.9 Å². The Bertz CT molecular complexity index is 1750. The highest BCUT2D eigenvalue weighted by Crippen LogP contribution is 2.40. The summed E-state index contributed by atoms with van der Waals surface area (Å²) < 4.78 is 44.6. The molecule has 0 bridgehead atoms. The van der Waals surface area contributed by atoms with Gasteiger partial charge in [0.05, 0.1) is 11.7 Å². The van der Waals surface area contributed by atoms with Crippen molar-refractivity contribution in [3.63, 3.8) is 0 Å². The number of ketones is 1. The molecule has 1 aromatic heterocycles. The Morgan fingerprint density at radius 1 is 1.00 bits per heavy atom. The number of hydrogen-bond acceptors (Lipinski definition) is 7. The van der Waals surface area contributed by atoms with E-state index in [1.807, 2.05) is 51.1 Å². The van der Waals surface area contributed by atoms with Gasteiger partial charge < -0.3 is 20.3 Å². The highest BCUT2D eigenvalue weighted by Gasteiger charge is 2.40. The standard InChI is InChI=1S/C36H40F3N5O6/c1-36(2,3)33(34-41-28(26-17-23(38)9-11-27(26)39)21-42(34)20-22-7-5-4-6-8-22)43(16-15-24(40)19-37)30(46)12-10-25(45)18-29(35(49)50)44-31(47)13-14-32(44)48/h4-9,11,13-14,17,21,24,29,33H,10,12,15-16,18-20,40H2,1-3H3,(H,49,50)/t24-,29-,33-/m0/s1. The number of carbonyl (C=O) groups is 5. The van der Waals surface area contributed by atoms with E-state index in [1.165, 1.54) is 4.90 Å². The summed E-state index contributed by atoms with van der Waals surface area (Å²) >= 11 is 0. The SMILES string of the molecule is CC(C)(C)[C@H](c1nc(-c2cc(F)ccc2F)cn1Cc1ccccc1)N(CC[C@H](N)CF)C(=O)CCC(=O)C[C@@H](C(=O)O)N1C(=O)C=CC1=O. The molecule has 14 heteroatoms. The first-order chi connectivity index (χ1) is 23.6. The van der Waals surface area contributed by atoms with Gasteiger partial charge >= 0.3 is 5.97 Å². The summed E-state index contributed by atoms with van der Waals surface area (Å²) in [6.45, 7) is 4.87. The molecule has 3 aromatic rings. The van der Waals surface area contributed by atoms with Crippen LogP contribution in [0.3, 0.4) is 0 Å². The first kappa shape index (κ1) is 37.7. The molecule has 0 saturated heterocycles. The predicted octanol–water partition coefficient (Wildman–Crippen LogP) is 4.60. The zero-order valence-electron chi connectivity index (χ0n) is 28.0. The maximum atomic E-state index is 15.0. The lowest BCUT2D eigenvalue weighted by Crippen LogP contribution is -2.46. The number of amides is 3. The summed E-state index contributed by atoms with van der Waals surface area (Å²) in [5.74, 6) is -5.58. The number of carbonyl (C=O) groups excluding carboxylic acids is 4. The summed E-state index contributed by atoms with van der Waals surface area (Å²) in [5, 5.41) is 9.67. The van der Waals surface area contributed by atoms with Crippen LogP contribution < -0.4 is 5.73 Å². The number of aromatic nitrogens is 2. The maximum Gasteiger partial charge on any atom is 0.327 e. The third-order valence-corrected chi connectivity index (χ3v) is 8.32. The minimum absolute atomic E-state index is 0.0425. The van der Waals surface area contributed by atoms with E-state index in [-0.39, 0.29) is 30.8 Å². The number of alkyl halides is 1. The van der Waals surface area contributed by atoms with Gasteiger partial charge in [0.1, 0.15) is 36.0 Å². The number of imide groups is 1. The highest BCUT2D eigenvalue weighted by atomic mass is 19.1. The Morgan fingerprint density at radius 2 is 1.66 bits per heavy atom. The lowest BCUT2D eigenvalue weighted by atomic mass is 9.84. The van der Waals surface area contributed by atoms with Crippen LogP contribution in [-0.2, 0) is 30.5 Å². The fraction of sp³-hybridized carbons (Fsp3) is 0.389. The minimum atomic E-state index is -1.75. The van der Waals surface area contributed by atoms with E-state index in [9.17, 15) is 37.9 Å². The van der Waals surface area contributed by atoms with Crippen LogP contribution in [-0.4, -0.2) is 79.2 Å². The van der Waals surface area contributed by atoms with Gasteiger partial charge in [-0.25, -0.2) is 22.9 Å². The summed E-state index contributed by atoms with van der Waals surface area (Å²) in [4.78, 5) is 69.9. The molecule has 4 rings (SSSR count). The van der Waals surface area contributed by atoms with Gasteiger partial charge in [0, 0.05) is 62.3 Å². The first-order valence-electron chi connectivity index (χ1n) is 16.1. The maximum absolute atomic E-state index is 15.0. The Balaban J connectivity index is 1.71. The quantitative estimate of drug-likeness (QED) is 0.206. The largest absolute Gasteiger partial charge is 0.480 e. The molecule has 0 unspecified atom stereocenters. The number of aliphatic carboxylic acids is 1. The molecule has 50 heavy (non-hydrogen) atoms. The van der Waals surface area contributed by atoms with Crippen molar-refractivity contribution in [3.8, 4) is 11.3 Å². The molecule has 0 aliphatic carbocycles. The third-order valence-electron chi connectivity index (χ3n) is 8.32. The van der Waals surface area contributed by atoms with E-state index in [0.717, 1.165) is 35.9 Å². The van der Waals surface area contributed by atoms with Gasteiger partial charge in [0.2, 0.25) is 5.91 Å². The summed E-state index contributed by atoms with van der Waals surface area (Å²) in [7, 11) is 0. The number of imidazole rings is 1. The molecule has 2 aromatic carbocycles. The van der Waals surface area contributed by atoms with E-state index in [0.29, 0.717) is 10.7 Å². The monoisotopic (exact) mass is 695 g/mol. The van der Waals surface area contributed by atoms with E-state index in [2.05, 4.69) is 0 Å². The van der Waals surface area contributed by atoms with Crippen molar-refractivity contribution in [2.45, 2.75) is 71.1 Å². The van der Waals surface area contributed by atoms with Crippen molar-refractivity contribution < 1.29 is 42.3 Å². The van der Waals surface area contributed by atoms with E-state index < -0.39 is 90.6 Å². The predicted molar refractivity (Wildman–Crippen MR) is 177 cm³/mol. The van der Waals surface area contributed by atoms with E-state index >= 15 is 4.39 Å². The molecule has 2 heterocycles. The van der Waals surface area contributed by atoms with Crippen molar-refractivity contribution in [1.29, 1.82) is 0 Å². The molecule has 11 nitrogen and oxygen atoms in total. The third kappa shape index (κ3) is 9.11. The van der Waals surface area contributed by atoms with Gasteiger partial charge in [0.15, 0.2) is 0 Å². The average Bonchev–Trinajstić information content (AvgIpc) is 3.62. The van der Waals surface area contributed by atoms with Gasteiger partial charge in [-0.1, -0.05) is 51.1 Å². The fourth-order valence-electron chi connectivity index (χ4n) is 5.87. The zero-order chi connectivity index (χ0) is 36.7. The van der Waals surface area contributed by atoms with Crippen LogP contribution in [0.2, 0.25) is 0 Å². The second kappa shape index (κ2) is 16.1. The van der Waals surface area contributed by atoms with Crippen molar-refractivity contribution >= 4 is 29.5 Å². The smallest absolute Gasteiger partial charge is 0.327 e. The van der Waals surface area contributed by atoms with Crippen LogP contribution >= 0.6 is 0 Å². The Labute approximate surface area is 287 Å². The van der Waals surface area contributed by atoms with Crippen molar-refractivity contribution in [3.05, 3.63) is 89.9 Å². The molecule has 1 aliphatic heterocycles. The van der Waals surface area contributed by atoms with E-state index in [4.69, 9.17) is 10.7 Å². The van der Waals surface area contributed by atoms with Gasteiger partial charge in [-0.2, -0.15) is 0 Å².